The van der Waals surface area contributed by atoms with Crippen molar-refractivity contribution in [1.82, 2.24) is 19.7 Å². The predicted molar refractivity (Wildman–Crippen MR) is 118 cm³/mol. The number of benzene rings is 2. The largest absolute Gasteiger partial charge is 0.416 e. The van der Waals surface area contributed by atoms with Gasteiger partial charge in [0.1, 0.15) is 0 Å². The summed E-state index contributed by atoms with van der Waals surface area (Å²) in [6.07, 6.45) is -1.53. The predicted octanol–water partition coefficient (Wildman–Crippen LogP) is 5.38. The molecule has 4 nitrogen and oxygen atoms in total. The number of hydrogen-bond acceptors (Lipinski definition) is 4. The average Bonchev–Trinajstić information content (AvgIpc) is 3.15. The summed E-state index contributed by atoms with van der Waals surface area (Å²) < 4.78 is 40.9. The van der Waals surface area contributed by atoms with E-state index in [1.54, 1.807) is 17.8 Å². The molecule has 3 aromatic rings. The molecule has 1 aliphatic rings. The smallest absolute Gasteiger partial charge is 0.305 e. The Morgan fingerprint density at radius 3 is 2.48 bits per heavy atom. The van der Waals surface area contributed by atoms with Crippen molar-refractivity contribution in [3.05, 3.63) is 71.8 Å². The zero-order chi connectivity index (χ0) is 21.8. The van der Waals surface area contributed by atoms with Gasteiger partial charge in [0.05, 0.1) is 5.56 Å². The first kappa shape index (κ1) is 21.6. The molecular weight excluding hydrogens is 421 g/mol. The Balaban J connectivity index is 1.31. The van der Waals surface area contributed by atoms with Gasteiger partial charge in [0, 0.05) is 38.0 Å². The van der Waals surface area contributed by atoms with Crippen molar-refractivity contribution in [2.45, 2.75) is 17.8 Å². The molecule has 4 rings (SSSR count). The number of halogens is 3. The van der Waals surface area contributed by atoms with Gasteiger partial charge in [-0.2, -0.15) is 13.2 Å². The minimum Gasteiger partial charge on any atom is -0.305 e. The van der Waals surface area contributed by atoms with Gasteiger partial charge < -0.3 is 4.57 Å². The third-order valence-electron chi connectivity index (χ3n) is 5.36. The van der Waals surface area contributed by atoms with Crippen LogP contribution in [0.1, 0.15) is 17.5 Å². The molecule has 0 atom stereocenters. The van der Waals surface area contributed by atoms with E-state index in [2.05, 4.69) is 15.1 Å². The second-order valence-corrected chi connectivity index (χ2v) is 8.50. The van der Waals surface area contributed by atoms with E-state index in [1.165, 1.54) is 12.1 Å². The van der Waals surface area contributed by atoms with Gasteiger partial charge >= 0.3 is 6.18 Å². The monoisotopic (exact) mass is 444 g/mol. The third kappa shape index (κ3) is 5.19. The fourth-order valence-electron chi connectivity index (χ4n) is 3.62. The van der Waals surface area contributed by atoms with E-state index in [9.17, 15) is 13.2 Å². The normalized spacial score (nSPS) is 15.2. The van der Waals surface area contributed by atoms with Crippen LogP contribution in [0.25, 0.3) is 17.0 Å². The van der Waals surface area contributed by atoms with Crippen LogP contribution in [-0.4, -0.2) is 45.1 Å². The van der Waals surface area contributed by atoms with Crippen molar-refractivity contribution >= 4 is 17.3 Å². The maximum atomic E-state index is 13.0. The number of aromatic nitrogens is 3. The van der Waals surface area contributed by atoms with Crippen molar-refractivity contribution < 1.29 is 13.2 Å². The molecule has 1 aliphatic heterocycles. The first-order chi connectivity index (χ1) is 14.9. The van der Waals surface area contributed by atoms with Crippen molar-refractivity contribution in [1.29, 1.82) is 0 Å². The zero-order valence-corrected chi connectivity index (χ0v) is 18.0. The Kier molecular flexibility index (Phi) is 6.48. The van der Waals surface area contributed by atoms with Crippen LogP contribution in [0.2, 0.25) is 0 Å². The van der Waals surface area contributed by atoms with E-state index in [4.69, 9.17) is 0 Å². The molecule has 162 valence electrons. The number of alkyl halides is 3. The average molecular weight is 445 g/mol. The highest BCUT2D eigenvalue weighted by Gasteiger charge is 2.30. The highest BCUT2D eigenvalue weighted by atomic mass is 32.2. The van der Waals surface area contributed by atoms with Crippen molar-refractivity contribution in [2.24, 2.45) is 7.05 Å². The van der Waals surface area contributed by atoms with Crippen molar-refractivity contribution in [2.75, 3.05) is 25.4 Å². The second-order valence-electron chi connectivity index (χ2n) is 7.44. The quantitative estimate of drug-likeness (QED) is 0.478. The molecule has 31 heavy (non-hydrogen) atoms. The van der Waals surface area contributed by atoms with E-state index in [0.29, 0.717) is 5.56 Å². The molecular formula is C23H23F3N4S. The van der Waals surface area contributed by atoms with Crippen LogP contribution < -0.4 is 0 Å². The Morgan fingerprint density at radius 2 is 1.77 bits per heavy atom. The second kappa shape index (κ2) is 9.28. The lowest BCUT2D eigenvalue weighted by atomic mass is 9.97. The van der Waals surface area contributed by atoms with Gasteiger partial charge in [-0.3, -0.25) is 4.90 Å². The van der Waals surface area contributed by atoms with E-state index < -0.39 is 11.7 Å². The van der Waals surface area contributed by atoms with Gasteiger partial charge in [0.2, 0.25) is 0 Å². The first-order valence-electron chi connectivity index (χ1n) is 10.1. The Morgan fingerprint density at radius 1 is 1.00 bits per heavy atom. The molecule has 2 heterocycles. The molecule has 0 N–H and O–H groups in total. The Bertz CT molecular complexity index is 1060. The van der Waals surface area contributed by atoms with Gasteiger partial charge in [-0.05, 0) is 29.7 Å². The summed E-state index contributed by atoms with van der Waals surface area (Å²) in [7, 11) is 1.97. The molecule has 0 aliphatic carbocycles. The number of thioether (sulfide) groups is 1. The van der Waals surface area contributed by atoms with Crippen LogP contribution in [-0.2, 0) is 13.2 Å². The van der Waals surface area contributed by atoms with Gasteiger partial charge in [0.15, 0.2) is 11.0 Å². The minimum atomic E-state index is -4.31. The van der Waals surface area contributed by atoms with E-state index >= 15 is 0 Å². The van der Waals surface area contributed by atoms with E-state index in [0.717, 1.165) is 60.0 Å². The molecule has 0 unspecified atom stereocenters. The Hall–Kier alpha value is -2.58. The molecule has 0 bridgehead atoms. The fraction of sp³-hybridized carbons (Fsp3) is 0.304. The molecule has 8 heteroatoms. The lowest BCUT2D eigenvalue weighted by Gasteiger charge is -2.26. The Labute approximate surface area is 183 Å². The molecule has 0 spiro atoms. The van der Waals surface area contributed by atoms with Crippen LogP contribution in [0.4, 0.5) is 13.2 Å². The SMILES string of the molecule is Cn1c(SCCN2CC=C(c3cccc(C(F)(F)F)c3)CC2)nnc1-c1ccccc1. The summed E-state index contributed by atoms with van der Waals surface area (Å²) in [6.45, 7) is 2.45. The summed E-state index contributed by atoms with van der Waals surface area (Å²) in [5.74, 6) is 1.71. The van der Waals surface area contributed by atoms with E-state index in [-0.39, 0.29) is 0 Å². The highest BCUT2D eigenvalue weighted by Crippen LogP contribution is 2.32. The third-order valence-corrected chi connectivity index (χ3v) is 6.36. The van der Waals surface area contributed by atoms with Crippen LogP contribution in [0, 0.1) is 0 Å². The summed E-state index contributed by atoms with van der Waals surface area (Å²) in [6, 6.07) is 15.6. The van der Waals surface area contributed by atoms with E-state index in [1.807, 2.05) is 48.0 Å². The summed E-state index contributed by atoms with van der Waals surface area (Å²) in [5.41, 5.74) is 2.09. The molecule has 0 saturated carbocycles. The van der Waals surface area contributed by atoms with Crippen molar-refractivity contribution in [3.63, 3.8) is 0 Å². The molecule has 0 amide bonds. The van der Waals surface area contributed by atoms with Gasteiger partial charge in [-0.15, -0.1) is 10.2 Å². The summed E-state index contributed by atoms with van der Waals surface area (Å²) in [4.78, 5) is 2.30. The molecule has 1 aromatic heterocycles. The molecule has 2 aromatic carbocycles. The molecule has 0 saturated heterocycles. The maximum absolute atomic E-state index is 13.0. The highest BCUT2D eigenvalue weighted by molar-refractivity contribution is 7.99. The minimum absolute atomic E-state index is 0.594. The summed E-state index contributed by atoms with van der Waals surface area (Å²) >= 11 is 1.66. The van der Waals surface area contributed by atoms with Gasteiger partial charge in [-0.25, -0.2) is 0 Å². The molecule has 0 fully saturated rings. The summed E-state index contributed by atoms with van der Waals surface area (Å²) in [5, 5.41) is 9.49. The molecule has 0 radical (unpaired) electrons. The number of rotatable bonds is 6. The fourth-order valence-corrected chi connectivity index (χ4v) is 4.53. The van der Waals surface area contributed by atoms with Crippen LogP contribution in [0.15, 0.2) is 65.8 Å². The number of hydrogen-bond donors (Lipinski definition) is 0. The zero-order valence-electron chi connectivity index (χ0n) is 17.1. The van der Waals surface area contributed by atoms with Gasteiger partial charge in [0.25, 0.3) is 0 Å². The topological polar surface area (TPSA) is 34.0 Å². The standard InChI is InChI=1S/C23H23F3N4S/c1-29-21(18-6-3-2-4-7-18)27-28-22(29)31-15-14-30-12-10-17(11-13-30)19-8-5-9-20(16-19)23(24,25)26/h2-10,16H,11-15H2,1H3. The lowest BCUT2D eigenvalue weighted by Crippen LogP contribution is -2.30. The van der Waals surface area contributed by atoms with Crippen LogP contribution >= 0.6 is 11.8 Å². The maximum Gasteiger partial charge on any atom is 0.416 e. The van der Waals surface area contributed by atoms with Gasteiger partial charge in [-0.1, -0.05) is 60.3 Å². The van der Waals surface area contributed by atoms with Crippen molar-refractivity contribution in [3.8, 4) is 11.4 Å². The number of nitrogens with zero attached hydrogens (tertiary/aromatic N) is 4. The van der Waals surface area contributed by atoms with Crippen LogP contribution in [0.3, 0.4) is 0 Å². The lowest BCUT2D eigenvalue weighted by molar-refractivity contribution is -0.137. The van der Waals surface area contributed by atoms with Crippen LogP contribution in [0.5, 0.6) is 0 Å². The first-order valence-corrected chi connectivity index (χ1v) is 11.1.